The topological polar surface area (TPSA) is 26.0 Å². The van der Waals surface area contributed by atoms with Gasteiger partial charge in [0.2, 0.25) is 0 Å². The van der Waals surface area contributed by atoms with Crippen LogP contribution in [-0.4, -0.2) is 6.04 Å². The van der Waals surface area contributed by atoms with Crippen LogP contribution in [0.5, 0.6) is 0 Å². The van der Waals surface area contributed by atoms with Gasteiger partial charge >= 0.3 is 0 Å². The monoisotopic (exact) mass is 189 g/mol. The minimum Gasteiger partial charge on any atom is -0.327 e. The summed E-state index contributed by atoms with van der Waals surface area (Å²) in [5.41, 5.74) is 9.12. The summed E-state index contributed by atoms with van der Waals surface area (Å²) in [5, 5.41) is 0. The molecule has 1 nitrogen and oxygen atoms in total. The van der Waals surface area contributed by atoms with Crippen LogP contribution >= 0.6 is 0 Å². The van der Waals surface area contributed by atoms with E-state index in [0.717, 1.165) is 6.42 Å². The Kier molecular flexibility index (Phi) is 2.87. The maximum atomic E-state index is 6.13. The van der Waals surface area contributed by atoms with E-state index in [0.29, 0.717) is 12.0 Å². The predicted molar refractivity (Wildman–Crippen MR) is 60.4 cm³/mol. The normalized spacial score (nSPS) is 26.7. The van der Waals surface area contributed by atoms with E-state index in [9.17, 15) is 0 Å². The van der Waals surface area contributed by atoms with Crippen molar-refractivity contribution in [3.8, 4) is 0 Å². The molecule has 76 valence electrons. The Labute approximate surface area is 86.3 Å². The zero-order chi connectivity index (χ0) is 9.97. The van der Waals surface area contributed by atoms with E-state index in [1.54, 1.807) is 0 Å². The summed E-state index contributed by atoms with van der Waals surface area (Å²) >= 11 is 0. The molecule has 0 aliphatic heterocycles. The zero-order valence-electron chi connectivity index (χ0n) is 8.87. The summed E-state index contributed by atoms with van der Waals surface area (Å²) in [4.78, 5) is 0. The molecule has 0 unspecified atom stereocenters. The van der Waals surface area contributed by atoms with Crippen LogP contribution in [-0.2, 0) is 6.42 Å². The van der Waals surface area contributed by atoms with Crippen LogP contribution in [0.15, 0.2) is 24.3 Å². The second kappa shape index (κ2) is 4.14. The summed E-state index contributed by atoms with van der Waals surface area (Å²) in [6, 6.07) is 9.15. The molecule has 1 fully saturated rings. The zero-order valence-corrected chi connectivity index (χ0v) is 8.87. The smallest absolute Gasteiger partial charge is 0.0108 e. The molecule has 1 aliphatic rings. The number of benzene rings is 1. The highest BCUT2D eigenvalue weighted by Crippen LogP contribution is 2.35. The SMILES string of the molecule is CCc1ccccc1[C@@H]1CCC[C@@H]1N. The molecule has 0 amide bonds. The van der Waals surface area contributed by atoms with Gasteiger partial charge in [0.25, 0.3) is 0 Å². The van der Waals surface area contributed by atoms with Crippen LogP contribution in [0.2, 0.25) is 0 Å². The van der Waals surface area contributed by atoms with Crippen LogP contribution in [0.4, 0.5) is 0 Å². The molecule has 0 saturated heterocycles. The number of aryl methyl sites for hydroxylation is 1. The van der Waals surface area contributed by atoms with Gasteiger partial charge in [-0.2, -0.15) is 0 Å². The summed E-state index contributed by atoms with van der Waals surface area (Å²) in [6.45, 7) is 2.22. The average molecular weight is 189 g/mol. The lowest BCUT2D eigenvalue weighted by atomic mass is 9.89. The Morgan fingerprint density at radius 2 is 2.07 bits per heavy atom. The quantitative estimate of drug-likeness (QED) is 0.760. The van der Waals surface area contributed by atoms with Crippen molar-refractivity contribution in [1.29, 1.82) is 0 Å². The van der Waals surface area contributed by atoms with E-state index in [2.05, 4.69) is 31.2 Å². The van der Waals surface area contributed by atoms with Gasteiger partial charge < -0.3 is 5.73 Å². The average Bonchev–Trinajstić information content (AvgIpc) is 2.64. The highest BCUT2D eigenvalue weighted by Gasteiger charge is 2.26. The lowest BCUT2D eigenvalue weighted by Gasteiger charge is -2.18. The fourth-order valence-electron chi connectivity index (χ4n) is 2.59. The van der Waals surface area contributed by atoms with E-state index in [4.69, 9.17) is 5.73 Å². The first-order chi connectivity index (χ1) is 6.83. The molecule has 14 heavy (non-hydrogen) atoms. The van der Waals surface area contributed by atoms with Gasteiger partial charge in [-0.25, -0.2) is 0 Å². The number of hydrogen-bond donors (Lipinski definition) is 1. The van der Waals surface area contributed by atoms with Gasteiger partial charge in [0.1, 0.15) is 0 Å². The van der Waals surface area contributed by atoms with Gasteiger partial charge in [-0.3, -0.25) is 0 Å². The van der Waals surface area contributed by atoms with Crippen molar-refractivity contribution in [3.05, 3.63) is 35.4 Å². The van der Waals surface area contributed by atoms with E-state index in [1.807, 2.05) is 0 Å². The van der Waals surface area contributed by atoms with Crippen molar-refractivity contribution in [2.45, 2.75) is 44.6 Å². The molecule has 1 heteroatoms. The Bertz CT molecular complexity index is 306. The summed E-state index contributed by atoms with van der Waals surface area (Å²) in [5.74, 6) is 0.617. The first-order valence-electron chi connectivity index (χ1n) is 5.66. The molecule has 2 rings (SSSR count). The molecule has 1 saturated carbocycles. The van der Waals surface area contributed by atoms with Crippen LogP contribution in [0.1, 0.15) is 43.2 Å². The molecule has 1 aromatic carbocycles. The minimum absolute atomic E-state index is 0.391. The molecule has 1 aromatic rings. The molecule has 2 N–H and O–H groups in total. The van der Waals surface area contributed by atoms with Crippen molar-refractivity contribution in [1.82, 2.24) is 0 Å². The summed E-state index contributed by atoms with van der Waals surface area (Å²) in [7, 11) is 0. The van der Waals surface area contributed by atoms with Crippen molar-refractivity contribution in [2.24, 2.45) is 5.73 Å². The van der Waals surface area contributed by atoms with Crippen LogP contribution in [0.25, 0.3) is 0 Å². The first-order valence-corrected chi connectivity index (χ1v) is 5.66. The van der Waals surface area contributed by atoms with Crippen molar-refractivity contribution in [3.63, 3.8) is 0 Å². The highest BCUT2D eigenvalue weighted by molar-refractivity contribution is 5.32. The standard InChI is InChI=1S/C13H19N/c1-2-10-6-3-4-7-11(10)12-8-5-9-13(12)14/h3-4,6-7,12-13H,2,5,8-9,14H2,1H3/t12-,13-/m0/s1. The maximum absolute atomic E-state index is 6.13. The van der Waals surface area contributed by atoms with Gasteiger partial charge in [0.15, 0.2) is 0 Å². The van der Waals surface area contributed by atoms with Gasteiger partial charge in [-0.1, -0.05) is 37.6 Å². The third-order valence-electron chi connectivity index (χ3n) is 3.40. The van der Waals surface area contributed by atoms with Crippen molar-refractivity contribution in [2.75, 3.05) is 0 Å². The van der Waals surface area contributed by atoms with Crippen LogP contribution < -0.4 is 5.73 Å². The minimum atomic E-state index is 0.391. The largest absolute Gasteiger partial charge is 0.327 e. The Hall–Kier alpha value is -0.820. The third-order valence-corrected chi connectivity index (χ3v) is 3.40. The fraction of sp³-hybridized carbons (Fsp3) is 0.538. The molecule has 0 aromatic heterocycles. The number of nitrogens with two attached hydrogens (primary N) is 1. The van der Waals surface area contributed by atoms with E-state index >= 15 is 0 Å². The van der Waals surface area contributed by atoms with Gasteiger partial charge in [0.05, 0.1) is 0 Å². The molecule has 1 aliphatic carbocycles. The lowest BCUT2D eigenvalue weighted by molar-refractivity contribution is 0.608. The summed E-state index contributed by atoms with van der Waals surface area (Å²) < 4.78 is 0. The Morgan fingerprint density at radius 3 is 2.71 bits per heavy atom. The van der Waals surface area contributed by atoms with Crippen LogP contribution in [0.3, 0.4) is 0 Å². The third kappa shape index (κ3) is 1.69. The van der Waals surface area contributed by atoms with Gasteiger partial charge in [-0.15, -0.1) is 0 Å². The molecular weight excluding hydrogens is 170 g/mol. The first kappa shape index (κ1) is 9.72. The number of hydrogen-bond acceptors (Lipinski definition) is 1. The molecule has 0 bridgehead atoms. The second-order valence-corrected chi connectivity index (χ2v) is 4.25. The number of rotatable bonds is 2. The second-order valence-electron chi connectivity index (χ2n) is 4.25. The van der Waals surface area contributed by atoms with Crippen LogP contribution in [0, 0.1) is 0 Å². The molecule has 0 heterocycles. The summed E-state index contributed by atoms with van der Waals surface area (Å²) in [6.07, 6.45) is 4.89. The highest BCUT2D eigenvalue weighted by atomic mass is 14.7. The van der Waals surface area contributed by atoms with E-state index < -0.39 is 0 Å². The van der Waals surface area contributed by atoms with Gasteiger partial charge in [0, 0.05) is 6.04 Å². The molecular formula is C13H19N. The molecule has 2 atom stereocenters. The van der Waals surface area contributed by atoms with Crippen molar-refractivity contribution < 1.29 is 0 Å². The van der Waals surface area contributed by atoms with E-state index in [-0.39, 0.29) is 0 Å². The van der Waals surface area contributed by atoms with Gasteiger partial charge in [-0.05, 0) is 36.3 Å². The predicted octanol–water partition coefficient (Wildman–Crippen LogP) is 2.84. The molecule has 0 spiro atoms. The Morgan fingerprint density at radius 1 is 1.29 bits per heavy atom. The fourth-order valence-corrected chi connectivity index (χ4v) is 2.59. The molecule has 0 radical (unpaired) electrons. The lowest BCUT2D eigenvalue weighted by Crippen LogP contribution is -2.23. The maximum Gasteiger partial charge on any atom is 0.0108 e. The Balaban J connectivity index is 2.30. The van der Waals surface area contributed by atoms with Crippen molar-refractivity contribution >= 4 is 0 Å². The van der Waals surface area contributed by atoms with E-state index in [1.165, 1.54) is 30.4 Å².